The molecule has 12 heteroatoms. The summed E-state index contributed by atoms with van der Waals surface area (Å²) in [6.07, 6.45) is 3.13. The monoisotopic (exact) mass is 518 g/mol. The Bertz CT molecular complexity index is 1380. The first-order valence-electron chi connectivity index (χ1n) is 12.4. The molecule has 0 atom stereocenters. The van der Waals surface area contributed by atoms with Gasteiger partial charge in [-0.1, -0.05) is 13.3 Å². The molecule has 3 heterocycles. The zero-order valence-electron chi connectivity index (χ0n) is 21.0. The number of likely N-dealkylation sites (tertiary alicyclic amines) is 1. The first kappa shape index (κ1) is 26.3. The van der Waals surface area contributed by atoms with Gasteiger partial charge in [0.2, 0.25) is 10.0 Å². The van der Waals surface area contributed by atoms with Crippen LogP contribution in [0, 0.1) is 0 Å². The SMILES string of the molecule is CCCc1nn(C)c2c(=O)[nH]c(-c3cc(S(=O)(=O)NC4CN(CCCCO)C4)ccc3OCC)nc12. The Labute approximate surface area is 210 Å². The largest absolute Gasteiger partial charge is 0.493 e. The number of nitrogens with zero attached hydrogens (tertiary/aromatic N) is 4. The number of aromatic nitrogens is 4. The molecule has 196 valence electrons. The van der Waals surface area contributed by atoms with E-state index < -0.39 is 10.0 Å². The van der Waals surface area contributed by atoms with E-state index in [4.69, 9.17) is 9.84 Å². The van der Waals surface area contributed by atoms with Crippen molar-refractivity contribution < 1.29 is 18.3 Å². The van der Waals surface area contributed by atoms with Crippen LogP contribution < -0.4 is 15.0 Å². The van der Waals surface area contributed by atoms with Gasteiger partial charge in [0.05, 0.1) is 22.8 Å². The maximum atomic E-state index is 13.2. The highest BCUT2D eigenvalue weighted by atomic mass is 32.2. The van der Waals surface area contributed by atoms with Crippen molar-refractivity contribution in [2.24, 2.45) is 7.05 Å². The van der Waals surface area contributed by atoms with Crippen LogP contribution in [0.25, 0.3) is 22.4 Å². The van der Waals surface area contributed by atoms with E-state index in [0.717, 1.165) is 31.5 Å². The van der Waals surface area contributed by atoms with Gasteiger partial charge in [0.15, 0.2) is 5.52 Å². The van der Waals surface area contributed by atoms with Gasteiger partial charge < -0.3 is 19.7 Å². The molecule has 0 spiro atoms. The number of benzene rings is 1. The van der Waals surface area contributed by atoms with Crippen LogP contribution in [-0.2, 0) is 23.5 Å². The molecule has 0 saturated carbocycles. The summed E-state index contributed by atoms with van der Waals surface area (Å²) in [4.78, 5) is 22.6. The third kappa shape index (κ3) is 5.46. The molecule has 36 heavy (non-hydrogen) atoms. The predicted molar refractivity (Wildman–Crippen MR) is 137 cm³/mol. The number of hydrogen-bond acceptors (Lipinski definition) is 8. The van der Waals surface area contributed by atoms with Crippen molar-refractivity contribution in [3.8, 4) is 17.1 Å². The molecule has 11 nitrogen and oxygen atoms in total. The van der Waals surface area contributed by atoms with Crippen molar-refractivity contribution in [3.05, 3.63) is 34.2 Å². The van der Waals surface area contributed by atoms with Gasteiger partial charge in [0, 0.05) is 32.8 Å². The molecule has 0 bridgehead atoms. The van der Waals surface area contributed by atoms with Crippen molar-refractivity contribution in [2.45, 2.75) is 50.5 Å². The van der Waals surface area contributed by atoms with E-state index in [2.05, 4.69) is 24.7 Å². The number of hydrogen-bond donors (Lipinski definition) is 3. The van der Waals surface area contributed by atoms with E-state index in [0.29, 0.717) is 48.5 Å². The van der Waals surface area contributed by atoms with Crippen LogP contribution in [0.3, 0.4) is 0 Å². The van der Waals surface area contributed by atoms with Crippen LogP contribution in [0.1, 0.15) is 38.8 Å². The Morgan fingerprint density at radius 3 is 2.72 bits per heavy atom. The second kappa shape index (κ2) is 11.1. The summed E-state index contributed by atoms with van der Waals surface area (Å²) in [5.74, 6) is 0.663. The first-order chi connectivity index (χ1) is 17.3. The summed E-state index contributed by atoms with van der Waals surface area (Å²) in [5, 5.41) is 13.4. The van der Waals surface area contributed by atoms with Crippen molar-refractivity contribution in [1.82, 2.24) is 29.4 Å². The molecule has 0 amide bonds. The summed E-state index contributed by atoms with van der Waals surface area (Å²) in [5.41, 5.74) is 1.64. The minimum atomic E-state index is -3.80. The van der Waals surface area contributed by atoms with Crippen molar-refractivity contribution >= 4 is 21.1 Å². The van der Waals surface area contributed by atoms with Gasteiger partial charge in [0.25, 0.3) is 5.56 Å². The molecule has 2 aromatic heterocycles. The van der Waals surface area contributed by atoms with E-state index in [1.54, 1.807) is 13.1 Å². The summed E-state index contributed by atoms with van der Waals surface area (Å²) in [7, 11) is -2.10. The summed E-state index contributed by atoms with van der Waals surface area (Å²) in [6, 6.07) is 4.40. The Hall–Kier alpha value is -2.80. The molecular weight excluding hydrogens is 484 g/mol. The summed E-state index contributed by atoms with van der Waals surface area (Å²) < 4.78 is 36.4. The van der Waals surface area contributed by atoms with E-state index in [1.165, 1.54) is 16.8 Å². The van der Waals surface area contributed by atoms with Crippen LogP contribution in [0.2, 0.25) is 0 Å². The zero-order chi connectivity index (χ0) is 25.9. The van der Waals surface area contributed by atoms with E-state index in [9.17, 15) is 13.2 Å². The number of aliphatic hydroxyl groups is 1. The molecular formula is C24H34N6O5S. The minimum Gasteiger partial charge on any atom is -0.493 e. The smallest absolute Gasteiger partial charge is 0.277 e. The maximum absolute atomic E-state index is 13.2. The molecule has 1 aliphatic rings. The number of fused-ring (bicyclic) bond motifs is 1. The first-order valence-corrected chi connectivity index (χ1v) is 13.8. The predicted octanol–water partition coefficient (Wildman–Crippen LogP) is 1.41. The highest BCUT2D eigenvalue weighted by Crippen LogP contribution is 2.31. The maximum Gasteiger partial charge on any atom is 0.277 e. The number of sulfonamides is 1. The number of H-pyrrole nitrogens is 1. The van der Waals surface area contributed by atoms with Crippen LogP contribution in [0.4, 0.5) is 0 Å². The fraction of sp³-hybridized carbons (Fsp3) is 0.542. The second-order valence-corrected chi connectivity index (χ2v) is 10.7. The molecule has 0 aliphatic carbocycles. The average molecular weight is 519 g/mol. The lowest BCUT2D eigenvalue weighted by Crippen LogP contribution is -2.59. The number of nitrogens with one attached hydrogen (secondary N) is 2. The second-order valence-electron chi connectivity index (χ2n) is 9.03. The lowest BCUT2D eigenvalue weighted by atomic mass is 10.1. The van der Waals surface area contributed by atoms with E-state index in [-0.39, 0.29) is 28.9 Å². The number of aryl methyl sites for hydroxylation is 2. The lowest BCUT2D eigenvalue weighted by molar-refractivity contribution is 0.135. The van der Waals surface area contributed by atoms with Gasteiger partial charge in [-0.05, 0) is 50.9 Å². The van der Waals surface area contributed by atoms with Gasteiger partial charge in [0.1, 0.15) is 17.1 Å². The van der Waals surface area contributed by atoms with Crippen molar-refractivity contribution in [3.63, 3.8) is 0 Å². The molecule has 3 aromatic rings. The van der Waals surface area contributed by atoms with Crippen LogP contribution >= 0.6 is 0 Å². The molecule has 1 aliphatic heterocycles. The van der Waals surface area contributed by atoms with Crippen molar-refractivity contribution in [2.75, 3.05) is 32.8 Å². The van der Waals surface area contributed by atoms with Gasteiger partial charge in [-0.25, -0.2) is 18.1 Å². The summed E-state index contributed by atoms with van der Waals surface area (Å²) >= 11 is 0. The molecule has 1 fully saturated rings. The molecule has 4 rings (SSSR count). The van der Waals surface area contributed by atoms with Gasteiger partial charge in [-0.2, -0.15) is 5.10 Å². The van der Waals surface area contributed by atoms with Gasteiger partial charge >= 0.3 is 0 Å². The van der Waals surface area contributed by atoms with Crippen LogP contribution in [-0.4, -0.2) is 77.1 Å². The Morgan fingerprint density at radius 2 is 2.03 bits per heavy atom. The average Bonchev–Trinajstić information content (AvgIpc) is 3.13. The van der Waals surface area contributed by atoms with Crippen molar-refractivity contribution in [1.29, 1.82) is 0 Å². The van der Waals surface area contributed by atoms with Gasteiger partial charge in [-0.3, -0.25) is 9.48 Å². The minimum absolute atomic E-state index is 0.0717. The molecule has 3 N–H and O–H groups in total. The molecule has 0 radical (unpaired) electrons. The standard InChI is InChI=1S/C24H34N6O5S/c1-4-8-19-21-22(29(3)27-19)24(32)26-23(25-21)18-13-17(9-10-20(18)35-5-2)36(33,34)28-16-14-30(15-16)11-6-7-12-31/h9-10,13,16,28,31H,4-8,11-12,14-15H2,1-3H3,(H,25,26,32). The third-order valence-electron chi connectivity index (χ3n) is 6.23. The summed E-state index contributed by atoms with van der Waals surface area (Å²) in [6.45, 7) is 6.48. The quantitative estimate of drug-likeness (QED) is 0.306. The number of ether oxygens (including phenoxy) is 1. The highest BCUT2D eigenvalue weighted by molar-refractivity contribution is 7.89. The Morgan fingerprint density at radius 1 is 1.25 bits per heavy atom. The number of aromatic amines is 1. The van der Waals surface area contributed by atoms with E-state index >= 15 is 0 Å². The Kier molecular flexibility index (Phi) is 8.08. The van der Waals surface area contributed by atoms with E-state index in [1.807, 2.05) is 13.8 Å². The molecule has 1 saturated heterocycles. The van der Waals surface area contributed by atoms with Crippen LogP contribution in [0.5, 0.6) is 5.75 Å². The van der Waals surface area contributed by atoms with Crippen LogP contribution in [0.15, 0.2) is 27.9 Å². The molecule has 0 unspecified atom stereocenters. The normalized spacial score (nSPS) is 14.9. The number of aliphatic hydroxyl groups excluding tert-OH is 1. The van der Waals surface area contributed by atoms with Gasteiger partial charge in [-0.15, -0.1) is 0 Å². The zero-order valence-corrected chi connectivity index (χ0v) is 21.8. The lowest BCUT2D eigenvalue weighted by Gasteiger charge is -2.39. The third-order valence-corrected chi connectivity index (χ3v) is 7.75. The number of rotatable bonds is 12. The Balaban J connectivity index is 1.65. The topological polar surface area (TPSA) is 142 Å². The highest BCUT2D eigenvalue weighted by Gasteiger charge is 2.31. The number of unbranched alkanes of at least 4 members (excludes halogenated alkanes) is 1. The molecule has 1 aromatic carbocycles. The fourth-order valence-electron chi connectivity index (χ4n) is 4.48. The fourth-order valence-corrected chi connectivity index (χ4v) is 5.73.